The van der Waals surface area contributed by atoms with Gasteiger partial charge in [-0.1, -0.05) is 97.8 Å². The molecule has 0 heterocycles. The molecule has 0 aromatic carbocycles. The number of unbranched alkanes of at least 4 members (excludes halogenated alkanes) is 2. The highest BCUT2D eigenvalue weighted by atomic mass is 14.5. The van der Waals surface area contributed by atoms with E-state index in [1.165, 1.54) is 51.4 Å². The Morgan fingerprint density at radius 2 is 1.48 bits per heavy atom. The summed E-state index contributed by atoms with van der Waals surface area (Å²) < 4.78 is 0. The van der Waals surface area contributed by atoms with E-state index in [4.69, 9.17) is 0 Å². The van der Waals surface area contributed by atoms with Gasteiger partial charge in [0.05, 0.1) is 0 Å². The first kappa shape index (κ1) is 21.7. The van der Waals surface area contributed by atoms with Crippen molar-refractivity contribution in [3.63, 3.8) is 0 Å². The molecule has 0 amide bonds. The normalized spacial score (nSPS) is 37.9. The van der Waals surface area contributed by atoms with Crippen molar-refractivity contribution in [2.24, 2.45) is 41.4 Å². The third-order valence-corrected chi connectivity index (χ3v) is 9.14. The lowest BCUT2D eigenvalue weighted by Gasteiger charge is -2.33. The first-order valence-electron chi connectivity index (χ1n) is 13.2. The Hall–Kier alpha value is 0. The van der Waals surface area contributed by atoms with Gasteiger partial charge < -0.3 is 0 Å². The molecule has 0 aliphatic heterocycles. The van der Waals surface area contributed by atoms with Gasteiger partial charge in [0.25, 0.3) is 0 Å². The number of hydrogen-bond donors (Lipinski definition) is 0. The minimum Gasteiger partial charge on any atom is -0.0654 e. The van der Waals surface area contributed by atoms with E-state index in [0.29, 0.717) is 0 Å². The van der Waals surface area contributed by atoms with Crippen LogP contribution in [0.3, 0.4) is 0 Å². The number of hydrogen-bond acceptors (Lipinski definition) is 0. The van der Waals surface area contributed by atoms with Crippen LogP contribution in [0.4, 0.5) is 0 Å². The molecule has 0 aromatic rings. The monoisotopic (exact) mass is 374 g/mol. The van der Waals surface area contributed by atoms with Crippen molar-refractivity contribution in [3.8, 4) is 0 Å². The lowest BCUT2D eigenvalue weighted by atomic mass is 9.73. The third kappa shape index (κ3) is 5.99. The minimum absolute atomic E-state index is 1.00. The molecule has 0 bridgehead atoms. The molecule has 3 fully saturated rings. The summed E-state index contributed by atoms with van der Waals surface area (Å²) >= 11 is 0. The Labute approximate surface area is 171 Å². The molecular weight excluding hydrogens is 324 g/mol. The topological polar surface area (TPSA) is 0 Å². The molecule has 3 aliphatic rings. The fourth-order valence-corrected chi connectivity index (χ4v) is 7.74. The summed E-state index contributed by atoms with van der Waals surface area (Å²) in [5.74, 6) is 7.50. The van der Waals surface area contributed by atoms with Crippen LogP contribution in [0.25, 0.3) is 0 Å². The standard InChI is InChI=1S/C27H50/c1-4-6-8-16-25-24(15-11-14-22-12-9-7-10-13-22)17-18-26(25)27-20-21(3)19-23(27)5-2/h21-27H,4-20H2,1-3H3. The van der Waals surface area contributed by atoms with Crippen molar-refractivity contribution >= 4 is 0 Å². The summed E-state index contributed by atoms with van der Waals surface area (Å²) in [4.78, 5) is 0. The van der Waals surface area contributed by atoms with Gasteiger partial charge in [0.15, 0.2) is 0 Å². The van der Waals surface area contributed by atoms with Crippen molar-refractivity contribution < 1.29 is 0 Å². The van der Waals surface area contributed by atoms with Gasteiger partial charge >= 0.3 is 0 Å². The number of rotatable bonds is 10. The average Bonchev–Trinajstić information content (AvgIpc) is 3.26. The highest BCUT2D eigenvalue weighted by Crippen LogP contribution is 2.53. The second kappa shape index (κ2) is 11.3. The Morgan fingerprint density at radius 3 is 2.22 bits per heavy atom. The average molecular weight is 375 g/mol. The van der Waals surface area contributed by atoms with Crippen LogP contribution in [-0.4, -0.2) is 0 Å². The lowest BCUT2D eigenvalue weighted by Crippen LogP contribution is -2.25. The molecule has 0 heteroatoms. The maximum absolute atomic E-state index is 2.53. The van der Waals surface area contributed by atoms with Crippen LogP contribution in [0, 0.1) is 41.4 Å². The molecule has 0 radical (unpaired) electrons. The molecule has 6 unspecified atom stereocenters. The summed E-state index contributed by atoms with van der Waals surface area (Å²) in [6.07, 6.45) is 26.0. The van der Waals surface area contributed by atoms with Crippen molar-refractivity contribution in [2.75, 3.05) is 0 Å². The van der Waals surface area contributed by atoms with Crippen LogP contribution >= 0.6 is 0 Å². The molecular formula is C27H50. The van der Waals surface area contributed by atoms with E-state index in [1.54, 1.807) is 57.8 Å². The first-order valence-corrected chi connectivity index (χ1v) is 13.2. The summed E-state index contributed by atoms with van der Waals surface area (Å²) in [6, 6.07) is 0. The fourth-order valence-electron chi connectivity index (χ4n) is 7.74. The zero-order valence-electron chi connectivity index (χ0n) is 19.1. The van der Waals surface area contributed by atoms with Crippen LogP contribution in [0.1, 0.15) is 130 Å². The molecule has 3 rings (SSSR count). The quantitative estimate of drug-likeness (QED) is 0.334. The van der Waals surface area contributed by atoms with Crippen LogP contribution in [0.5, 0.6) is 0 Å². The Balaban J connectivity index is 1.54. The molecule has 0 aromatic heterocycles. The van der Waals surface area contributed by atoms with Gasteiger partial charge in [0.1, 0.15) is 0 Å². The van der Waals surface area contributed by atoms with Gasteiger partial charge in [0, 0.05) is 0 Å². The van der Waals surface area contributed by atoms with E-state index in [1.807, 2.05) is 0 Å². The SMILES string of the molecule is CCCCCC1C(CCCC2CCCCC2)CCC1C1CC(C)CC1CC. The van der Waals surface area contributed by atoms with E-state index in [0.717, 1.165) is 41.4 Å². The maximum Gasteiger partial charge on any atom is -0.0352 e. The molecule has 27 heavy (non-hydrogen) atoms. The molecule has 3 saturated carbocycles. The van der Waals surface area contributed by atoms with E-state index < -0.39 is 0 Å². The third-order valence-electron chi connectivity index (χ3n) is 9.14. The molecule has 3 aliphatic carbocycles. The Bertz CT molecular complexity index is 393. The maximum atomic E-state index is 2.53. The minimum atomic E-state index is 1.00. The van der Waals surface area contributed by atoms with Crippen LogP contribution in [0.15, 0.2) is 0 Å². The first-order chi connectivity index (χ1) is 13.2. The summed E-state index contributed by atoms with van der Waals surface area (Å²) in [5.41, 5.74) is 0. The zero-order valence-corrected chi connectivity index (χ0v) is 19.1. The van der Waals surface area contributed by atoms with Gasteiger partial charge in [-0.25, -0.2) is 0 Å². The van der Waals surface area contributed by atoms with E-state index in [-0.39, 0.29) is 0 Å². The van der Waals surface area contributed by atoms with Crippen molar-refractivity contribution in [1.82, 2.24) is 0 Å². The predicted octanol–water partition coefficient (Wildman–Crippen LogP) is 9.03. The molecule has 158 valence electrons. The van der Waals surface area contributed by atoms with Gasteiger partial charge in [-0.15, -0.1) is 0 Å². The molecule has 6 atom stereocenters. The second-order valence-corrected chi connectivity index (χ2v) is 11.0. The van der Waals surface area contributed by atoms with Gasteiger partial charge in [-0.2, -0.15) is 0 Å². The summed E-state index contributed by atoms with van der Waals surface area (Å²) in [5, 5.41) is 0. The Kier molecular flexibility index (Phi) is 9.05. The van der Waals surface area contributed by atoms with Crippen LogP contribution in [-0.2, 0) is 0 Å². The van der Waals surface area contributed by atoms with E-state index >= 15 is 0 Å². The van der Waals surface area contributed by atoms with E-state index in [9.17, 15) is 0 Å². The summed E-state index contributed by atoms with van der Waals surface area (Å²) in [7, 11) is 0. The predicted molar refractivity (Wildman–Crippen MR) is 120 cm³/mol. The van der Waals surface area contributed by atoms with Gasteiger partial charge in [0.2, 0.25) is 0 Å². The highest BCUT2D eigenvalue weighted by Gasteiger charge is 2.44. The highest BCUT2D eigenvalue weighted by molar-refractivity contribution is 4.94. The molecule has 0 spiro atoms. The largest absolute Gasteiger partial charge is 0.0654 e. The van der Waals surface area contributed by atoms with Crippen molar-refractivity contribution in [3.05, 3.63) is 0 Å². The van der Waals surface area contributed by atoms with E-state index in [2.05, 4.69) is 20.8 Å². The molecule has 0 N–H and O–H groups in total. The Morgan fingerprint density at radius 1 is 0.667 bits per heavy atom. The fraction of sp³-hybridized carbons (Fsp3) is 1.00. The zero-order chi connectivity index (χ0) is 19.1. The second-order valence-electron chi connectivity index (χ2n) is 11.0. The molecule has 0 nitrogen and oxygen atoms in total. The van der Waals surface area contributed by atoms with Crippen LogP contribution in [0.2, 0.25) is 0 Å². The van der Waals surface area contributed by atoms with Gasteiger partial charge in [-0.05, 0) is 73.5 Å². The van der Waals surface area contributed by atoms with Crippen molar-refractivity contribution in [2.45, 2.75) is 130 Å². The summed E-state index contributed by atoms with van der Waals surface area (Å²) in [6.45, 7) is 7.38. The smallest absolute Gasteiger partial charge is 0.0352 e. The molecule has 0 saturated heterocycles. The van der Waals surface area contributed by atoms with Crippen molar-refractivity contribution in [1.29, 1.82) is 0 Å². The lowest BCUT2D eigenvalue weighted by molar-refractivity contribution is 0.165. The van der Waals surface area contributed by atoms with Gasteiger partial charge in [-0.3, -0.25) is 0 Å². The van der Waals surface area contributed by atoms with Crippen LogP contribution < -0.4 is 0 Å².